The van der Waals surface area contributed by atoms with Gasteiger partial charge in [0.2, 0.25) is 0 Å². The molecule has 18 heavy (non-hydrogen) atoms. The van der Waals surface area contributed by atoms with Gasteiger partial charge in [0.25, 0.3) is 0 Å². The summed E-state index contributed by atoms with van der Waals surface area (Å²) in [6, 6.07) is 3.75. The zero-order chi connectivity index (χ0) is 13.8. The van der Waals surface area contributed by atoms with Crippen LogP contribution in [0.4, 0.5) is 0 Å². The van der Waals surface area contributed by atoms with Crippen molar-refractivity contribution in [3.8, 4) is 5.75 Å². The zero-order valence-corrected chi connectivity index (χ0v) is 10.7. The Morgan fingerprint density at radius 2 is 2.17 bits per heavy atom. The van der Waals surface area contributed by atoms with Crippen LogP contribution in [-0.2, 0) is 9.84 Å². The van der Waals surface area contributed by atoms with Gasteiger partial charge in [-0.2, -0.15) is 0 Å². The van der Waals surface area contributed by atoms with Crippen molar-refractivity contribution in [2.75, 3.05) is 12.9 Å². The topological polar surface area (TPSA) is 80.7 Å². The molecule has 0 unspecified atom stereocenters. The number of hydrogen-bond donors (Lipinski definition) is 1. The van der Waals surface area contributed by atoms with Gasteiger partial charge in [-0.1, -0.05) is 6.08 Å². The summed E-state index contributed by atoms with van der Waals surface area (Å²) in [7, 11) is -2.25. The van der Waals surface area contributed by atoms with Gasteiger partial charge in [0.15, 0.2) is 9.84 Å². The fourth-order valence-electron chi connectivity index (χ4n) is 1.40. The molecule has 0 heterocycles. The Hall–Kier alpha value is -1.82. The Bertz CT molecular complexity index is 560. The third-order valence-electron chi connectivity index (χ3n) is 2.34. The van der Waals surface area contributed by atoms with Gasteiger partial charge in [-0.15, -0.1) is 6.58 Å². The number of hydrogen-bond acceptors (Lipinski definition) is 4. The predicted molar refractivity (Wildman–Crippen MR) is 66.8 cm³/mol. The standard InChI is InChI=1S/C12H14O5S/c1-3-4-7-18(15,16)11-8-9(12(13)14)5-6-10(11)17-2/h3,5-6,8H,1,4,7H2,2H3,(H,13,14). The van der Waals surface area contributed by atoms with E-state index in [1.54, 1.807) is 0 Å². The van der Waals surface area contributed by atoms with Gasteiger partial charge in [-0.25, -0.2) is 13.2 Å². The van der Waals surface area contributed by atoms with Gasteiger partial charge < -0.3 is 9.84 Å². The van der Waals surface area contributed by atoms with Crippen LogP contribution in [0, 0.1) is 0 Å². The molecule has 0 radical (unpaired) electrons. The van der Waals surface area contributed by atoms with E-state index in [2.05, 4.69) is 6.58 Å². The van der Waals surface area contributed by atoms with Gasteiger partial charge in [-0.3, -0.25) is 0 Å². The van der Waals surface area contributed by atoms with E-state index in [1.165, 1.54) is 25.3 Å². The van der Waals surface area contributed by atoms with E-state index in [4.69, 9.17) is 9.84 Å². The Morgan fingerprint density at radius 3 is 2.67 bits per heavy atom. The van der Waals surface area contributed by atoms with Crippen molar-refractivity contribution in [3.63, 3.8) is 0 Å². The molecule has 0 amide bonds. The van der Waals surface area contributed by atoms with Crippen LogP contribution in [0.3, 0.4) is 0 Å². The number of aromatic carboxylic acids is 1. The van der Waals surface area contributed by atoms with Crippen molar-refractivity contribution in [2.24, 2.45) is 0 Å². The first-order valence-corrected chi connectivity index (χ1v) is 6.82. The van der Waals surface area contributed by atoms with Gasteiger partial charge >= 0.3 is 5.97 Å². The molecular formula is C12H14O5S. The maximum atomic E-state index is 12.0. The molecule has 1 rings (SSSR count). The average molecular weight is 270 g/mol. The lowest BCUT2D eigenvalue weighted by molar-refractivity contribution is 0.0696. The van der Waals surface area contributed by atoms with Crippen molar-refractivity contribution in [2.45, 2.75) is 11.3 Å². The average Bonchev–Trinajstić information content (AvgIpc) is 2.35. The summed E-state index contributed by atoms with van der Waals surface area (Å²) >= 11 is 0. The summed E-state index contributed by atoms with van der Waals surface area (Å²) in [5, 5.41) is 8.86. The summed E-state index contributed by atoms with van der Waals surface area (Å²) in [6.07, 6.45) is 1.79. The van der Waals surface area contributed by atoms with Crippen LogP contribution in [0.1, 0.15) is 16.8 Å². The number of sulfone groups is 1. The highest BCUT2D eigenvalue weighted by atomic mass is 32.2. The number of benzene rings is 1. The van der Waals surface area contributed by atoms with E-state index in [9.17, 15) is 13.2 Å². The summed E-state index contributed by atoms with van der Waals surface area (Å²) in [4.78, 5) is 10.7. The number of carboxylic acid groups (broad SMARTS) is 1. The second kappa shape index (κ2) is 5.68. The Balaban J connectivity index is 3.31. The van der Waals surface area contributed by atoms with E-state index in [-0.39, 0.29) is 22.0 Å². The van der Waals surface area contributed by atoms with E-state index >= 15 is 0 Å². The quantitative estimate of drug-likeness (QED) is 0.796. The molecule has 0 aliphatic rings. The molecule has 0 atom stereocenters. The third-order valence-corrected chi connectivity index (χ3v) is 4.10. The number of allylic oxidation sites excluding steroid dienone is 1. The monoisotopic (exact) mass is 270 g/mol. The van der Waals surface area contributed by atoms with Crippen LogP contribution in [0.5, 0.6) is 5.75 Å². The Labute approximate surface area is 106 Å². The fourth-order valence-corrected chi connectivity index (χ4v) is 2.86. The number of carboxylic acids is 1. The van der Waals surface area contributed by atoms with Gasteiger partial charge in [0.1, 0.15) is 10.6 Å². The lowest BCUT2D eigenvalue weighted by Crippen LogP contribution is -2.09. The highest BCUT2D eigenvalue weighted by molar-refractivity contribution is 7.91. The minimum absolute atomic E-state index is 0.0898. The minimum Gasteiger partial charge on any atom is -0.495 e. The van der Waals surface area contributed by atoms with Gasteiger partial charge in [0, 0.05) is 0 Å². The van der Waals surface area contributed by atoms with Crippen LogP contribution in [-0.4, -0.2) is 32.4 Å². The number of rotatable bonds is 6. The van der Waals surface area contributed by atoms with Crippen molar-refractivity contribution < 1.29 is 23.1 Å². The molecule has 0 saturated heterocycles. The first kappa shape index (κ1) is 14.2. The molecule has 1 aromatic rings. The minimum atomic E-state index is -3.58. The number of ether oxygens (including phenoxy) is 1. The van der Waals surface area contributed by atoms with Crippen LogP contribution < -0.4 is 4.74 Å². The van der Waals surface area contributed by atoms with Crippen molar-refractivity contribution in [3.05, 3.63) is 36.4 Å². The van der Waals surface area contributed by atoms with Crippen LogP contribution >= 0.6 is 0 Å². The highest BCUT2D eigenvalue weighted by Gasteiger charge is 2.20. The molecule has 0 aliphatic heterocycles. The van der Waals surface area contributed by atoms with Crippen molar-refractivity contribution in [1.29, 1.82) is 0 Å². The van der Waals surface area contributed by atoms with E-state index in [0.717, 1.165) is 6.07 Å². The van der Waals surface area contributed by atoms with E-state index in [0.29, 0.717) is 6.42 Å². The second-order valence-corrected chi connectivity index (χ2v) is 5.64. The maximum absolute atomic E-state index is 12.0. The molecule has 6 heteroatoms. The zero-order valence-electron chi connectivity index (χ0n) is 9.92. The predicted octanol–water partition coefficient (Wildman–Crippen LogP) is 1.74. The van der Waals surface area contributed by atoms with Gasteiger partial charge in [0.05, 0.1) is 18.4 Å². The molecule has 0 fully saturated rings. The van der Waals surface area contributed by atoms with Crippen LogP contribution in [0.2, 0.25) is 0 Å². The highest BCUT2D eigenvalue weighted by Crippen LogP contribution is 2.26. The smallest absolute Gasteiger partial charge is 0.335 e. The lowest BCUT2D eigenvalue weighted by Gasteiger charge is -2.09. The summed E-state index contributed by atoms with van der Waals surface area (Å²) in [5.74, 6) is -1.17. The van der Waals surface area contributed by atoms with E-state index in [1.807, 2.05) is 0 Å². The number of methoxy groups -OCH3 is 1. The molecular weight excluding hydrogens is 256 g/mol. The first-order valence-electron chi connectivity index (χ1n) is 5.17. The van der Waals surface area contributed by atoms with Crippen molar-refractivity contribution in [1.82, 2.24) is 0 Å². The third kappa shape index (κ3) is 3.10. The second-order valence-electron chi connectivity index (χ2n) is 3.57. The molecule has 0 bridgehead atoms. The molecule has 5 nitrogen and oxygen atoms in total. The lowest BCUT2D eigenvalue weighted by atomic mass is 10.2. The van der Waals surface area contributed by atoms with Crippen LogP contribution in [0.25, 0.3) is 0 Å². The Kier molecular flexibility index (Phi) is 4.49. The SMILES string of the molecule is C=CCCS(=O)(=O)c1cc(C(=O)O)ccc1OC. The molecule has 98 valence electrons. The van der Waals surface area contributed by atoms with E-state index < -0.39 is 15.8 Å². The molecule has 0 aliphatic carbocycles. The molecule has 0 spiro atoms. The summed E-state index contributed by atoms with van der Waals surface area (Å²) in [5.41, 5.74) is -0.0898. The number of carbonyl (C=O) groups is 1. The van der Waals surface area contributed by atoms with Crippen molar-refractivity contribution >= 4 is 15.8 Å². The normalized spacial score (nSPS) is 10.9. The Morgan fingerprint density at radius 1 is 1.50 bits per heavy atom. The van der Waals surface area contributed by atoms with Gasteiger partial charge in [-0.05, 0) is 24.6 Å². The summed E-state index contributed by atoms with van der Waals surface area (Å²) < 4.78 is 29.0. The maximum Gasteiger partial charge on any atom is 0.335 e. The molecule has 1 N–H and O–H groups in total. The molecule has 0 aromatic heterocycles. The molecule has 1 aromatic carbocycles. The largest absolute Gasteiger partial charge is 0.495 e. The van der Waals surface area contributed by atoms with Crippen LogP contribution in [0.15, 0.2) is 35.7 Å². The first-order chi connectivity index (χ1) is 8.42. The fraction of sp³-hybridized carbons (Fsp3) is 0.250. The molecule has 0 saturated carbocycles. The summed E-state index contributed by atoms with van der Waals surface area (Å²) in [6.45, 7) is 3.46.